The lowest BCUT2D eigenvalue weighted by Crippen LogP contribution is -2.32. The van der Waals surface area contributed by atoms with Crippen molar-refractivity contribution >= 4 is 33.0 Å². The number of hydrogen-bond donors (Lipinski definition) is 0. The molecule has 0 radical (unpaired) electrons. The highest BCUT2D eigenvalue weighted by Gasteiger charge is 2.21. The molecular formula is C22H21ClN2O3S. The van der Waals surface area contributed by atoms with Crippen LogP contribution in [0.4, 0.5) is 5.69 Å². The third kappa shape index (κ3) is 5.65. The molecule has 0 unspecified atom stereocenters. The zero-order chi connectivity index (χ0) is 20.9. The molecule has 3 aromatic rings. The summed E-state index contributed by atoms with van der Waals surface area (Å²) < 4.78 is 25.2. The van der Waals surface area contributed by atoms with Crippen LogP contribution in [0.15, 0.2) is 77.8 Å². The Morgan fingerprint density at radius 2 is 1.69 bits per heavy atom. The summed E-state index contributed by atoms with van der Waals surface area (Å²) >= 11 is 5.96. The first-order valence-electron chi connectivity index (χ1n) is 9.10. The second kappa shape index (κ2) is 9.20. The molecule has 1 heterocycles. The van der Waals surface area contributed by atoms with Gasteiger partial charge in [-0.25, -0.2) is 8.42 Å². The number of sulfone groups is 1. The molecule has 0 atom stereocenters. The van der Waals surface area contributed by atoms with Crippen LogP contribution in [0.3, 0.4) is 0 Å². The summed E-state index contributed by atoms with van der Waals surface area (Å²) in [6.07, 6.45) is 1.52. The number of aromatic nitrogens is 1. The van der Waals surface area contributed by atoms with E-state index in [1.54, 1.807) is 60.8 Å². The number of hydrogen-bond acceptors (Lipinski definition) is 4. The third-order valence-electron chi connectivity index (χ3n) is 4.45. The second-order valence-corrected chi connectivity index (χ2v) is 9.20. The molecule has 5 nitrogen and oxygen atoms in total. The van der Waals surface area contributed by atoms with Gasteiger partial charge in [-0.05, 0) is 55.5 Å². The molecule has 2 aromatic carbocycles. The van der Waals surface area contributed by atoms with E-state index in [4.69, 9.17) is 11.6 Å². The number of aryl methyl sites for hydroxylation is 1. The van der Waals surface area contributed by atoms with Crippen molar-refractivity contribution in [2.75, 3.05) is 10.7 Å². The summed E-state index contributed by atoms with van der Waals surface area (Å²) in [6.45, 7) is 2.13. The van der Waals surface area contributed by atoms with E-state index in [0.29, 0.717) is 16.4 Å². The Bertz CT molecular complexity index is 1070. The van der Waals surface area contributed by atoms with Gasteiger partial charge in [0.1, 0.15) is 0 Å². The largest absolute Gasteiger partial charge is 0.306 e. The lowest BCUT2D eigenvalue weighted by atomic mass is 10.2. The topological polar surface area (TPSA) is 67.3 Å². The Morgan fingerprint density at radius 3 is 2.31 bits per heavy atom. The molecule has 1 aromatic heterocycles. The van der Waals surface area contributed by atoms with Gasteiger partial charge in [-0.1, -0.05) is 35.4 Å². The van der Waals surface area contributed by atoms with E-state index in [2.05, 4.69) is 4.98 Å². The van der Waals surface area contributed by atoms with Gasteiger partial charge in [0.15, 0.2) is 9.84 Å². The zero-order valence-corrected chi connectivity index (χ0v) is 17.5. The van der Waals surface area contributed by atoms with Gasteiger partial charge in [-0.2, -0.15) is 0 Å². The number of nitrogens with zero attached hydrogens (tertiary/aromatic N) is 2. The number of pyridine rings is 1. The van der Waals surface area contributed by atoms with Gasteiger partial charge in [-0.3, -0.25) is 9.78 Å². The Morgan fingerprint density at radius 1 is 1.00 bits per heavy atom. The first-order chi connectivity index (χ1) is 13.8. The Kier molecular flexibility index (Phi) is 6.67. The van der Waals surface area contributed by atoms with Crippen LogP contribution in [-0.4, -0.2) is 25.1 Å². The summed E-state index contributed by atoms with van der Waals surface area (Å²) in [5, 5.41) is 0.556. The van der Waals surface area contributed by atoms with Gasteiger partial charge in [-0.15, -0.1) is 0 Å². The van der Waals surface area contributed by atoms with Crippen molar-refractivity contribution in [3.63, 3.8) is 0 Å². The molecule has 0 aliphatic heterocycles. The minimum atomic E-state index is -3.55. The van der Waals surface area contributed by atoms with Crippen molar-refractivity contribution in [1.29, 1.82) is 0 Å². The SMILES string of the molecule is Cc1ccc(S(=O)(=O)CCC(=O)N(Cc2ccccn2)c2ccc(Cl)cc2)cc1. The highest BCUT2D eigenvalue weighted by Crippen LogP contribution is 2.22. The lowest BCUT2D eigenvalue weighted by Gasteiger charge is -2.23. The van der Waals surface area contributed by atoms with Crippen LogP contribution < -0.4 is 4.90 Å². The van der Waals surface area contributed by atoms with Crippen molar-refractivity contribution in [3.05, 3.63) is 89.2 Å². The molecule has 0 aliphatic rings. The molecule has 0 fully saturated rings. The maximum absolute atomic E-state index is 13.0. The molecule has 0 saturated heterocycles. The maximum Gasteiger partial charge on any atom is 0.228 e. The molecule has 29 heavy (non-hydrogen) atoms. The highest BCUT2D eigenvalue weighted by atomic mass is 35.5. The molecular weight excluding hydrogens is 408 g/mol. The van der Waals surface area contributed by atoms with Crippen LogP contribution in [0.5, 0.6) is 0 Å². The molecule has 0 N–H and O–H groups in total. The summed E-state index contributed by atoms with van der Waals surface area (Å²) in [7, 11) is -3.55. The van der Waals surface area contributed by atoms with Crippen molar-refractivity contribution in [2.24, 2.45) is 0 Å². The van der Waals surface area contributed by atoms with Gasteiger partial charge in [0.2, 0.25) is 5.91 Å². The number of benzene rings is 2. The van der Waals surface area contributed by atoms with E-state index in [1.807, 2.05) is 19.1 Å². The number of amides is 1. The first kappa shape index (κ1) is 21.0. The predicted octanol–water partition coefficient (Wildman–Crippen LogP) is 4.44. The summed E-state index contributed by atoms with van der Waals surface area (Å²) in [4.78, 5) is 19.0. The van der Waals surface area contributed by atoms with Gasteiger partial charge in [0, 0.05) is 23.3 Å². The highest BCUT2D eigenvalue weighted by molar-refractivity contribution is 7.91. The standard InChI is InChI=1S/C22H21ClN2O3S/c1-17-5-11-21(12-6-17)29(27,28)15-13-22(26)25(16-19-4-2-3-14-24-19)20-9-7-18(23)8-10-20/h2-12,14H,13,15-16H2,1H3. The molecule has 3 rings (SSSR count). The van der Waals surface area contributed by atoms with Crippen LogP contribution in [0.25, 0.3) is 0 Å². The van der Waals surface area contributed by atoms with Crippen LogP contribution in [0.1, 0.15) is 17.7 Å². The fourth-order valence-corrected chi connectivity index (χ4v) is 4.17. The average molecular weight is 429 g/mol. The quantitative estimate of drug-likeness (QED) is 0.557. The Labute approximate surface area is 175 Å². The number of carbonyl (C=O) groups excluding carboxylic acids is 1. The van der Waals surface area contributed by atoms with Crippen LogP contribution in [-0.2, 0) is 21.2 Å². The van der Waals surface area contributed by atoms with Gasteiger partial charge in [0.25, 0.3) is 0 Å². The molecule has 0 aliphatic carbocycles. The third-order valence-corrected chi connectivity index (χ3v) is 6.43. The smallest absolute Gasteiger partial charge is 0.228 e. The van der Waals surface area contributed by atoms with E-state index in [1.165, 1.54) is 4.90 Å². The number of halogens is 1. The van der Waals surface area contributed by atoms with Crippen LogP contribution >= 0.6 is 11.6 Å². The van der Waals surface area contributed by atoms with E-state index in [0.717, 1.165) is 5.56 Å². The van der Waals surface area contributed by atoms with Crippen molar-refractivity contribution in [2.45, 2.75) is 24.8 Å². The molecule has 7 heteroatoms. The fraction of sp³-hybridized carbons (Fsp3) is 0.182. The molecule has 0 bridgehead atoms. The summed E-state index contributed by atoms with van der Waals surface area (Å²) in [5.74, 6) is -0.560. The van der Waals surface area contributed by atoms with Crippen molar-refractivity contribution in [1.82, 2.24) is 4.98 Å². The van der Waals surface area contributed by atoms with Crippen LogP contribution in [0, 0.1) is 6.92 Å². The van der Waals surface area contributed by atoms with E-state index in [9.17, 15) is 13.2 Å². The van der Waals surface area contributed by atoms with Gasteiger partial charge >= 0.3 is 0 Å². The molecule has 150 valence electrons. The monoisotopic (exact) mass is 428 g/mol. The normalized spacial score (nSPS) is 11.2. The average Bonchev–Trinajstić information content (AvgIpc) is 2.72. The fourth-order valence-electron chi connectivity index (χ4n) is 2.82. The predicted molar refractivity (Wildman–Crippen MR) is 115 cm³/mol. The lowest BCUT2D eigenvalue weighted by molar-refractivity contribution is -0.118. The minimum Gasteiger partial charge on any atom is -0.306 e. The molecule has 0 saturated carbocycles. The van der Waals surface area contributed by atoms with Crippen molar-refractivity contribution in [3.8, 4) is 0 Å². The van der Waals surface area contributed by atoms with E-state index >= 15 is 0 Å². The van der Waals surface area contributed by atoms with Crippen molar-refractivity contribution < 1.29 is 13.2 Å². The summed E-state index contributed by atoms with van der Waals surface area (Å²) in [6, 6.07) is 18.9. The van der Waals surface area contributed by atoms with E-state index in [-0.39, 0.29) is 29.5 Å². The number of anilines is 1. The Balaban J connectivity index is 1.78. The number of rotatable bonds is 7. The molecule has 1 amide bonds. The summed E-state index contributed by atoms with van der Waals surface area (Å²) in [5.41, 5.74) is 2.32. The van der Waals surface area contributed by atoms with Gasteiger partial charge < -0.3 is 4.90 Å². The first-order valence-corrected chi connectivity index (χ1v) is 11.1. The van der Waals surface area contributed by atoms with E-state index < -0.39 is 9.84 Å². The number of carbonyl (C=O) groups is 1. The molecule has 0 spiro atoms. The van der Waals surface area contributed by atoms with Crippen LogP contribution in [0.2, 0.25) is 5.02 Å². The second-order valence-electron chi connectivity index (χ2n) is 6.66. The van der Waals surface area contributed by atoms with Gasteiger partial charge in [0.05, 0.1) is 22.9 Å². The minimum absolute atomic E-state index is 0.133. The maximum atomic E-state index is 13.0. The zero-order valence-electron chi connectivity index (χ0n) is 16.0. The Hall–Kier alpha value is -2.70.